The van der Waals surface area contributed by atoms with Crippen molar-refractivity contribution >= 4 is 17.2 Å². The molecule has 0 bridgehead atoms. The second kappa shape index (κ2) is 7.51. The molecule has 0 spiro atoms. The number of aryl methyl sites for hydroxylation is 2. The standard InChI is InChI=1S/C23H17F3N4O3/c1-12-3-5-15(7-13(12)2)27-22(31)17-10-21-28-16(9-20(23(24,25)26)30(21)29-17)14-4-6-18-19(8-14)33-11-32-18/h3-10H,11H2,1-2H3,(H,27,31). The van der Waals surface area contributed by atoms with E-state index >= 15 is 0 Å². The van der Waals surface area contributed by atoms with Crippen molar-refractivity contribution < 1.29 is 27.4 Å². The normalized spacial score (nSPS) is 12.9. The van der Waals surface area contributed by atoms with Crippen molar-refractivity contribution in [1.29, 1.82) is 0 Å². The summed E-state index contributed by atoms with van der Waals surface area (Å²) in [6.07, 6.45) is -4.72. The zero-order valence-corrected chi connectivity index (χ0v) is 17.5. The van der Waals surface area contributed by atoms with Crippen molar-refractivity contribution in [2.24, 2.45) is 0 Å². The Labute approximate surface area is 185 Å². The van der Waals surface area contributed by atoms with Crippen LogP contribution in [-0.4, -0.2) is 27.3 Å². The lowest BCUT2D eigenvalue weighted by molar-refractivity contribution is -0.142. The average molecular weight is 454 g/mol. The van der Waals surface area contributed by atoms with Crippen molar-refractivity contribution in [3.63, 3.8) is 0 Å². The number of hydrogen-bond acceptors (Lipinski definition) is 5. The minimum absolute atomic E-state index is 0.0423. The molecular weight excluding hydrogens is 437 g/mol. The van der Waals surface area contributed by atoms with Crippen molar-refractivity contribution in [3.8, 4) is 22.8 Å². The summed E-state index contributed by atoms with van der Waals surface area (Å²) in [6, 6.07) is 12.2. The first-order chi connectivity index (χ1) is 15.7. The third-order valence-electron chi connectivity index (χ3n) is 5.38. The van der Waals surface area contributed by atoms with Gasteiger partial charge in [0.1, 0.15) is 0 Å². The Kier molecular flexibility index (Phi) is 4.73. The molecular formula is C23H17F3N4O3. The Morgan fingerprint density at radius 3 is 2.55 bits per heavy atom. The quantitative estimate of drug-likeness (QED) is 0.471. The van der Waals surface area contributed by atoms with Gasteiger partial charge in [-0.2, -0.15) is 18.3 Å². The SMILES string of the molecule is Cc1ccc(NC(=O)c2cc3nc(-c4ccc5c(c4)OCO5)cc(C(F)(F)F)n3n2)cc1C. The number of benzene rings is 2. The number of alkyl halides is 3. The Morgan fingerprint density at radius 2 is 1.79 bits per heavy atom. The molecule has 2 aromatic heterocycles. The summed E-state index contributed by atoms with van der Waals surface area (Å²) in [7, 11) is 0. The Balaban J connectivity index is 1.56. The summed E-state index contributed by atoms with van der Waals surface area (Å²) in [4.78, 5) is 17.0. The van der Waals surface area contributed by atoms with Crippen LogP contribution in [0.2, 0.25) is 0 Å². The van der Waals surface area contributed by atoms with E-state index in [1.165, 1.54) is 6.07 Å². The molecule has 7 nitrogen and oxygen atoms in total. The van der Waals surface area contributed by atoms with Crippen LogP contribution in [0.4, 0.5) is 18.9 Å². The second-order valence-electron chi connectivity index (χ2n) is 7.65. The number of aromatic nitrogens is 3. The average Bonchev–Trinajstić information content (AvgIpc) is 3.41. The van der Waals surface area contributed by atoms with Crippen molar-refractivity contribution in [3.05, 3.63) is 71.0 Å². The number of halogens is 3. The number of rotatable bonds is 3. The van der Waals surface area contributed by atoms with Crippen LogP contribution < -0.4 is 14.8 Å². The molecule has 1 amide bonds. The number of hydrogen-bond donors (Lipinski definition) is 1. The third-order valence-corrected chi connectivity index (χ3v) is 5.38. The van der Waals surface area contributed by atoms with Crippen LogP contribution in [0.5, 0.6) is 11.5 Å². The molecule has 3 heterocycles. The van der Waals surface area contributed by atoms with Gasteiger partial charge in [0.15, 0.2) is 28.5 Å². The number of anilines is 1. The molecule has 1 N–H and O–H groups in total. The zero-order valence-electron chi connectivity index (χ0n) is 17.5. The molecule has 2 aromatic carbocycles. The maximum Gasteiger partial charge on any atom is 0.433 e. The summed E-state index contributed by atoms with van der Waals surface area (Å²) in [5, 5.41) is 6.55. The predicted molar refractivity (Wildman–Crippen MR) is 113 cm³/mol. The number of amides is 1. The highest BCUT2D eigenvalue weighted by Crippen LogP contribution is 2.37. The topological polar surface area (TPSA) is 77.8 Å². The molecule has 0 atom stereocenters. The van der Waals surface area contributed by atoms with Crippen LogP contribution in [-0.2, 0) is 6.18 Å². The van der Waals surface area contributed by atoms with E-state index in [-0.39, 0.29) is 23.8 Å². The summed E-state index contributed by atoms with van der Waals surface area (Å²) >= 11 is 0. The van der Waals surface area contributed by atoms with Crippen molar-refractivity contribution in [2.75, 3.05) is 12.1 Å². The van der Waals surface area contributed by atoms with E-state index in [0.717, 1.165) is 17.2 Å². The van der Waals surface area contributed by atoms with E-state index in [0.29, 0.717) is 27.3 Å². The van der Waals surface area contributed by atoms with Crippen molar-refractivity contribution in [2.45, 2.75) is 20.0 Å². The van der Waals surface area contributed by atoms with E-state index in [9.17, 15) is 18.0 Å². The van der Waals surface area contributed by atoms with Gasteiger partial charge in [-0.05, 0) is 61.4 Å². The highest BCUT2D eigenvalue weighted by atomic mass is 19.4. The van der Waals surface area contributed by atoms with Crippen molar-refractivity contribution in [1.82, 2.24) is 14.6 Å². The molecule has 4 aromatic rings. The lowest BCUT2D eigenvalue weighted by Crippen LogP contribution is -2.15. The van der Waals surface area contributed by atoms with Gasteiger partial charge >= 0.3 is 6.18 Å². The molecule has 0 saturated carbocycles. The molecule has 0 saturated heterocycles. The molecule has 1 aliphatic heterocycles. The highest BCUT2D eigenvalue weighted by molar-refractivity contribution is 6.03. The van der Waals surface area contributed by atoms with Gasteiger partial charge in [0.25, 0.3) is 5.91 Å². The first-order valence-electron chi connectivity index (χ1n) is 9.96. The Bertz CT molecular complexity index is 1410. The number of nitrogens with one attached hydrogen (secondary N) is 1. The minimum Gasteiger partial charge on any atom is -0.454 e. The Morgan fingerprint density at radius 1 is 1.00 bits per heavy atom. The predicted octanol–water partition coefficient (Wildman–Crippen LogP) is 5.01. The van der Waals surface area contributed by atoms with Crippen LogP contribution in [0, 0.1) is 13.8 Å². The molecule has 5 rings (SSSR count). The van der Waals surface area contributed by atoms with E-state index in [1.54, 1.807) is 30.3 Å². The summed E-state index contributed by atoms with van der Waals surface area (Å²) in [5.74, 6) is 0.289. The maximum atomic E-state index is 13.8. The highest BCUT2D eigenvalue weighted by Gasteiger charge is 2.36. The van der Waals surface area contributed by atoms with Gasteiger partial charge in [-0.15, -0.1) is 0 Å². The molecule has 1 aliphatic rings. The van der Waals surface area contributed by atoms with Gasteiger partial charge in [0, 0.05) is 17.3 Å². The fraction of sp³-hybridized carbons (Fsp3) is 0.174. The molecule has 0 fully saturated rings. The van der Waals surface area contributed by atoms with E-state index in [1.807, 2.05) is 19.9 Å². The van der Waals surface area contributed by atoms with Gasteiger partial charge in [0.05, 0.1) is 5.69 Å². The fourth-order valence-corrected chi connectivity index (χ4v) is 3.51. The van der Waals surface area contributed by atoms with Gasteiger partial charge < -0.3 is 14.8 Å². The van der Waals surface area contributed by atoms with Gasteiger partial charge in [-0.3, -0.25) is 4.79 Å². The van der Waals surface area contributed by atoms with E-state index in [2.05, 4.69) is 15.4 Å². The number of carbonyl (C=O) groups excluding carboxylic acids is 1. The number of fused-ring (bicyclic) bond motifs is 2. The summed E-state index contributed by atoms with van der Waals surface area (Å²) in [6.45, 7) is 3.87. The van der Waals surface area contributed by atoms with Gasteiger partial charge in [-0.1, -0.05) is 6.07 Å². The third kappa shape index (κ3) is 3.84. The molecule has 33 heavy (non-hydrogen) atoms. The lowest BCUT2D eigenvalue weighted by atomic mass is 10.1. The van der Waals surface area contributed by atoms with Crippen LogP contribution >= 0.6 is 0 Å². The second-order valence-corrected chi connectivity index (χ2v) is 7.65. The van der Waals surface area contributed by atoms with E-state index < -0.39 is 17.8 Å². The van der Waals surface area contributed by atoms with Crippen LogP contribution in [0.15, 0.2) is 48.5 Å². The first-order valence-corrected chi connectivity index (χ1v) is 9.96. The Hall–Kier alpha value is -4.08. The van der Waals surface area contributed by atoms with Gasteiger partial charge in [0.2, 0.25) is 6.79 Å². The summed E-state index contributed by atoms with van der Waals surface area (Å²) < 4.78 is 52.7. The zero-order chi connectivity index (χ0) is 23.3. The summed E-state index contributed by atoms with van der Waals surface area (Å²) in [5.41, 5.74) is 1.67. The molecule has 10 heteroatoms. The molecule has 0 unspecified atom stereocenters. The fourth-order valence-electron chi connectivity index (χ4n) is 3.51. The lowest BCUT2D eigenvalue weighted by Gasteiger charge is -2.11. The maximum absolute atomic E-state index is 13.8. The van der Waals surface area contributed by atoms with Crippen LogP contribution in [0.3, 0.4) is 0 Å². The number of ether oxygens (including phenoxy) is 2. The number of nitrogens with zero attached hydrogens (tertiary/aromatic N) is 3. The smallest absolute Gasteiger partial charge is 0.433 e. The van der Waals surface area contributed by atoms with Crippen LogP contribution in [0.25, 0.3) is 16.9 Å². The molecule has 0 aliphatic carbocycles. The monoisotopic (exact) mass is 454 g/mol. The minimum atomic E-state index is -4.72. The largest absolute Gasteiger partial charge is 0.454 e. The van der Waals surface area contributed by atoms with Crippen LogP contribution in [0.1, 0.15) is 27.3 Å². The molecule has 168 valence electrons. The first kappa shape index (κ1) is 20.8. The van der Waals surface area contributed by atoms with E-state index in [4.69, 9.17) is 9.47 Å². The number of carbonyl (C=O) groups is 1. The molecule has 0 radical (unpaired) electrons. The van der Waals surface area contributed by atoms with Gasteiger partial charge in [-0.25, -0.2) is 9.50 Å².